The quantitative estimate of drug-likeness (QED) is 0.311. The van der Waals surface area contributed by atoms with Crippen LogP contribution in [0, 0.1) is 6.92 Å². The molecule has 208 valence electrons. The number of aromatic amines is 1. The van der Waals surface area contributed by atoms with Crippen molar-refractivity contribution in [2.24, 2.45) is 0 Å². The van der Waals surface area contributed by atoms with Crippen LogP contribution in [-0.2, 0) is 15.1 Å². The summed E-state index contributed by atoms with van der Waals surface area (Å²) in [5.74, 6) is 1.42. The van der Waals surface area contributed by atoms with Gasteiger partial charge in [-0.3, -0.25) is 14.3 Å². The Balaban J connectivity index is 1.54. The first kappa shape index (κ1) is 27.4. The van der Waals surface area contributed by atoms with E-state index in [1.54, 1.807) is 21.1 Å². The third-order valence-corrected chi connectivity index (χ3v) is 7.40. The monoisotopic (exact) mass is 544 g/mol. The molecular formula is C31H32N2O7. The van der Waals surface area contributed by atoms with Crippen molar-refractivity contribution >= 4 is 0 Å². The van der Waals surface area contributed by atoms with Crippen LogP contribution in [0.3, 0.4) is 0 Å². The molecule has 9 nitrogen and oxygen atoms in total. The van der Waals surface area contributed by atoms with Crippen molar-refractivity contribution in [2.75, 3.05) is 27.4 Å². The van der Waals surface area contributed by atoms with Gasteiger partial charge < -0.3 is 24.1 Å². The van der Waals surface area contributed by atoms with Crippen LogP contribution < -0.4 is 20.7 Å². The first-order valence-electron chi connectivity index (χ1n) is 13.0. The number of methoxy groups -OCH3 is 2. The van der Waals surface area contributed by atoms with E-state index in [4.69, 9.17) is 18.9 Å². The van der Waals surface area contributed by atoms with Crippen LogP contribution >= 0.6 is 0 Å². The third-order valence-electron chi connectivity index (χ3n) is 7.40. The van der Waals surface area contributed by atoms with Gasteiger partial charge in [-0.25, -0.2) is 4.79 Å². The van der Waals surface area contributed by atoms with Crippen LogP contribution in [0.5, 0.6) is 11.5 Å². The summed E-state index contributed by atoms with van der Waals surface area (Å²) in [4.78, 5) is 26.6. The molecule has 0 aliphatic carbocycles. The summed E-state index contributed by atoms with van der Waals surface area (Å²) in [6, 6.07) is 24.5. The van der Waals surface area contributed by atoms with Gasteiger partial charge in [-0.2, -0.15) is 0 Å². The fourth-order valence-electron chi connectivity index (χ4n) is 5.17. The Morgan fingerprint density at radius 3 is 2.00 bits per heavy atom. The molecule has 40 heavy (non-hydrogen) atoms. The zero-order chi connectivity index (χ0) is 28.3. The van der Waals surface area contributed by atoms with Crippen molar-refractivity contribution in [3.05, 3.63) is 128 Å². The summed E-state index contributed by atoms with van der Waals surface area (Å²) in [6.07, 6.45) is -0.336. The van der Waals surface area contributed by atoms with Gasteiger partial charge in [-0.05, 0) is 47.9 Å². The molecule has 1 aromatic heterocycles. The topological polar surface area (TPSA) is 112 Å². The lowest BCUT2D eigenvalue weighted by Gasteiger charge is -2.37. The first-order chi connectivity index (χ1) is 19.4. The Morgan fingerprint density at radius 1 is 0.900 bits per heavy atom. The Morgan fingerprint density at radius 2 is 1.45 bits per heavy atom. The smallest absolute Gasteiger partial charge is 0.328 e. The molecule has 3 aromatic carbocycles. The van der Waals surface area contributed by atoms with E-state index >= 15 is 0 Å². The number of hydrogen-bond acceptors (Lipinski definition) is 7. The van der Waals surface area contributed by atoms with E-state index in [-0.39, 0.29) is 13.2 Å². The molecule has 5 rings (SSSR count). The van der Waals surface area contributed by atoms with E-state index in [0.29, 0.717) is 17.1 Å². The molecular weight excluding hydrogens is 512 g/mol. The van der Waals surface area contributed by atoms with E-state index in [1.165, 1.54) is 10.8 Å². The predicted octanol–water partition coefficient (Wildman–Crippen LogP) is 3.17. The van der Waals surface area contributed by atoms with Crippen LogP contribution in [0.25, 0.3) is 0 Å². The minimum absolute atomic E-state index is 0.0156. The molecule has 4 aromatic rings. The second-order valence-electron chi connectivity index (χ2n) is 9.72. The van der Waals surface area contributed by atoms with Crippen LogP contribution in [0.15, 0.2) is 94.6 Å². The van der Waals surface area contributed by atoms with Crippen molar-refractivity contribution in [3.8, 4) is 11.5 Å². The number of rotatable bonds is 9. The minimum atomic E-state index is -1.08. The van der Waals surface area contributed by atoms with Gasteiger partial charge in [0.15, 0.2) is 0 Å². The number of aliphatic hydroxyl groups is 1. The average Bonchev–Trinajstić information content (AvgIpc) is 3.36. The van der Waals surface area contributed by atoms with Crippen molar-refractivity contribution in [3.63, 3.8) is 0 Å². The summed E-state index contributed by atoms with van der Waals surface area (Å²) in [6.45, 7) is 1.71. The van der Waals surface area contributed by atoms with Gasteiger partial charge in [0, 0.05) is 11.8 Å². The molecule has 3 atom stereocenters. The van der Waals surface area contributed by atoms with Gasteiger partial charge in [0.05, 0.1) is 33.5 Å². The number of aryl methyl sites for hydroxylation is 1. The Kier molecular flexibility index (Phi) is 7.88. The van der Waals surface area contributed by atoms with Crippen molar-refractivity contribution in [2.45, 2.75) is 30.8 Å². The number of ether oxygens (including phenoxy) is 4. The molecule has 0 radical (unpaired) electrons. The molecule has 1 aliphatic heterocycles. The molecule has 0 unspecified atom stereocenters. The number of nitrogens with zero attached hydrogens (tertiary/aromatic N) is 1. The Bertz CT molecular complexity index is 1500. The molecule has 0 bridgehead atoms. The normalized spacial score (nSPS) is 18.9. The second kappa shape index (κ2) is 11.5. The number of aromatic nitrogens is 2. The van der Waals surface area contributed by atoms with Gasteiger partial charge in [0.25, 0.3) is 5.56 Å². The summed E-state index contributed by atoms with van der Waals surface area (Å²) in [5.41, 5.74) is 0.811. The van der Waals surface area contributed by atoms with E-state index in [1.807, 2.05) is 78.9 Å². The zero-order valence-corrected chi connectivity index (χ0v) is 22.6. The maximum Gasteiger partial charge on any atom is 0.328 e. The highest BCUT2D eigenvalue weighted by atomic mass is 16.6. The zero-order valence-electron chi connectivity index (χ0n) is 22.6. The predicted molar refractivity (Wildman–Crippen MR) is 149 cm³/mol. The number of H-pyrrole nitrogens is 1. The maximum absolute atomic E-state index is 12.5. The van der Waals surface area contributed by atoms with Gasteiger partial charge in [0.1, 0.15) is 29.3 Å². The van der Waals surface area contributed by atoms with E-state index in [2.05, 4.69) is 4.98 Å². The molecule has 2 heterocycles. The standard InChI is InChI=1S/C31H32N2O7/c1-20-17-33(30(36)32-29(20)35)26-18-39-27(28(26)34)19-40-31(21-7-5-4-6-8-21,22-9-13-24(37-2)14-10-22)23-11-15-25(38-3)16-12-23/h4-17,26-28,34H,18-19H2,1-3H3,(H,32,35,36)/t26-,27-,28+/m1/s1. The molecule has 9 heteroatoms. The maximum atomic E-state index is 12.5. The second-order valence-corrected chi connectivity index (χ2v) is 9.72. The Hall–Kier alpha value is -4.18. The molecule has 0 spiro atoms. The highest BCUT2D eigenvalue weighted by Gasteiger charge is 2.43. The number of aliphatic hydroxyl groups excluding tert-OH is 1. The van der Waals surface area contributed by atoms with Gasteiger partial charge >= 0.3 is 5.69 Å². The minimum Gasteiger partial charge on any atom is -0.497 e. The fraction of sp³-hybridized carbons (Fsp3) is 0.290. The summed E-state index contributed by atoms with van der Waals surface area (Å²) >= 11 is 0. The third kappa shape index (κ3) is 5.06. The molecule has 2 N–H and O–H groups in total. The lowest BCUT2D eigenvalue weighted by molar-refractivity contribution is -0.0706. The fourth-order valence-corrected chi connectivity index (χ4v) is 5.17. The summed E-state index contributed by atoms with van der Waals surface area (Å²) < 4.78 is 24.9. The molecule has 1 fully saturated rings. The summed E-state index contributed by atoms with van der Waals surface area (Å²) in [5, 5.41) is 11.2. The number of nitrogens with one attached hydrogen (secondary N) is 1. The van der Waals surface area contributed by atoms with Crippen molar-refractivity contribution in [1.82, 2.24) is 9.55 Å². The van der Waals surface area contributed by atoms with E-state index in [9.17, 15) is 14.7 Å². The average molecular weight is 545 g/mol. The van der Waals surface area contributed by atoms with Crippen LogP contribution in [0.2, 0.25) is 0 Å². The summed E-state index contributed by atoms with van der Waals surface area (Å²) in [7, 11) is 3.23. The lowest BCUT2D eigenvalue weighted by atomic mass is 9.80. The molecule has 1 saturated heterocycles. The SMILES string of the molecule is COc1ccc(C(OC[C@H]2OC[C@@H](n3cc(C)c(=O)[nH]c3=O)[C@@H]2O)(c2ccccc2)c2ccc(OC)cc2)cc1. The van der Waals surface area contributed by atoms with Gasteiger partial charge in [0.2, 0.25) is 0 Å². The van der Waals surface area contributed by atoms with Gasteiger partial charge in [-0.15, -0.1) is 0 Å². The van der Waals surface area contributed by atoms with Gasteiger partial charge in [-0.1, -0.05) is 54.6 Å². The first-order valence-corrected chi connectivity index (χ1v) is 13.0. The van der Waals surface area contributed by atoms with Crippen LogP contribution in [0.4, 0.5) is 0 Å². The Labute approximate surface area is 231 Å². The lowest BCUT2D eigenvalue weighted by Crippen LogP contribution is -2.41. The molecule has 0 amide bonds. The van der Waals surface area contributed by atoms with Crippen LogP contribution in [-0.4, -0.2) is 54.3 Å². The van der Waals surface area contributed by atoms with E-state index < -0.39 is 35.1 Å². The van der Waals surface area contributed by atoms with E-state index in [0.717, 1.165) is 16.7 Å². The van der Waals surface area contributed by atoms with Crippen molar-refractivity contribution in [1.29, 1.82) is 0 Å². The number of benzene rings is 3. The van der Waals surface area contributed by atoms with Crippen LogP contribution in [0.1, 0.15) is 28.3 Å². The van der Waals surface area contributed by atoms with Crippen molar-refractivity contribution < 1.29 is 24.1 Å². The number of hydrogen-bond donors (Lipinski definition) is 2. The highest BCUT2D eigenvalue weighted by Crippen LogP contribution is 2.42. The highest BCUT2D eigenvalue weighted by molar-refractivity contribution is 5.49. The molecule has 0 saturated carbocycles. The largest absolute Gasteiger partial charge is 0.497 e. The molecule has 1 aliphatic rings.